The highest BCUT2D eigenvalue weighted by Gasteiger charge is 2.34. The Balaban J connectivity index is 1.39. The molecule has 0 spiro atoms. The van der Waals surface area contributed by atoms with Crippen LogP contribution in [0.4, 0.5) is 0 Å². The molecule has 2 heterocycles. The van der Waals surface area contributed by atoms with Gasteiger partial charge in [-0.05, 0) is 70.5 Å². The lowest BCUT2D eigenvalue weighted by Gasteiger charge is -2.26. The maximum Gasteiger partial charge on any atom is 0.338 e. The van der Waals surface area contributed by atoms with Crippen molar-refractivity contribution in [2.45, 2.75) is 59.1 Å². The smallest absolute Gasteiger partial charge is 0.338 e. The van der Waals surface area contributed by atoms with Gasteiger partial charge in [-0.25, -0.2) is 9.79 Å². The molecule has 0 saturated heterocycles. The summed E-state index contributed by atoms with van der Waals surface area (Å²) in [7, 11) is 0. The molecule has 0 amide bonds. The zero-order valence-electron chi connectivity index (χ0n) is 26.7. The second-order valence-corrected chi connectivity index (χ2v) is 12.7. The van der Waals surface area contributed by atoms with E-state index in [4.69, 9.17) is 14.5 Å². The fourth-order valence-electron chi connectivity index (χ4n) is 5.92. The van der Waals surface area contributed by atoms with E-state index in [1.165, 1.54) is 27.7 Å². The first-order valence-electron chi connectivity index (χ1n) is 15.9. The highest BCUT2D eigenvalue weighted by atomic mass is 32.1. The predicted molar refractivity (Wildman–Crippen MR) is 185 cm³/mol. The number of aromatic nitrogens is 1. The van der Waals surface area contributed by atoms with Gasteiger partial charge in [0, 0.05) is 0 Å². The van der Waals surface area contributed by atoms with Crippen molar-refractivity contribution >= 4 is 34.2 Å². The standard InChI is InChI=1S/C39H38N2O4S/c1-5-11-33-35(38(43)44-6-2)36(29-20-18-27(19-21-29)25(3)4)41-37(42)34(46-39(41)40-33)23-26-12-9-16-31(22-26)45-24-30-15-10-14-28-13-7-8-17-32(28)30/h7-10,12-23,25,36H,5-6,11,24H2,1-4H3/b34-23-/t36-/m1/s1. The minimum absolute atomic E-state index is 0.193. The van der Waals surface area contributed by atoms with Crippen LogP contribution in [0, 0.1) is 0 Å². The average molecular weight is 631 g/mol. The second kappa shape index (κ2) is 13.7. The van der Waals surface area contributed by atoms with Crippen LogP contribution in [-0.4, -0.2) is 17.1 Å². The number of hydrogen-bond acceptors (Lipinski definition) is 6. The lowest BCUT2D eigenvalue weighted by molar-refractivity contribution is -0.139. The van der Waals surface area contributed by atoms with Gasteiger partial charge in [-0.15, -0.1) is 0 Å². The molecule has 0 saturated carbocycles. The second-order valence-electron chi connectivity index (χ2n) is 11.7. The molecule has 0 unspecified atom stereocenters. The molecule has 6 nitrogen and oxygen atoms in total. The minimum atomic E-state index is -0.629. The Kier molecular flexibility index (Phi) is 9.31. The Morgan fingerprint density at radius 1 is 0.978 bits per heavy atom. The predicted octanol–water partition coefficient (Wildman–Crippen LogP) is 7.43. The molecular weight excluding hydrogens is 593 g/mol. The number of nitrogens with zero attached hydrogens (tertiary/aromatic N) is 2. The topological polar surface area (TPSA) is 69.9 Å². The van der Waals surface area contributed by atoms with Crippen LogP contribution in [0.15, 0.2) is 112 Å². The molecule has 234 valence electrons. The van der Waals surface area contributed by atoms with Gasteiger partial charge in [-0.1, -0.05) is 117 Å². The summed E-state index contributed by atoms with van der Waals surface area (Å²) in [5.41, 5.74) is 4.91. The van der Waals surface area contributed by atoms with Crippen molar-refractivity contribution in [1.29, 1.82) is 0 Å². The van der Waals surface area contributed by atoms with Crippen molar-refractivity contribution in [2.24, 2.45) is 4.99 Å². The van der Waals surface area contributed by atoms with Crippen LogP contribution in [0.1, 0.15) is 74.8 Å². The van der Waals surface area contributed by atoms with Gasteiger partial charge in [0.05, 0.1) is 28.5 Å². The van der Waals surface area contributed by atoms with E-state index < -0.39 is 12.0 Å². The molecule has 1 aliphatic rings. The maximum absolute atomic E-state index is 14.2. The number of allylic oxidation sites excluding steroid dienone is 1. The summed E-state index contributed by atoms with van der Waals surface area (Å²) >= 11 is 1.34. The van der Waals surface area contributed by atoms with Gasteiger partial charge in [0.1, 0.15) is 12.4 Å². The largest absolute Gasteiger partial charge is 0.489 e. The maximum atomic E-state index is 14.2. The van der Waals surface area contributed by atoms with Crippen LogP contribution in [0.25, 0.3) is 16.8 Å². The fourth-order valence-corrected chi connectivity index (χ4v) is 6.94. The summed E-state index contributed by atoms with van der Waals surface area (Å²) in [6.07, 6.45) is 3.29. The number of ether oxygens (including phenoxy) is 2. The van der Waals surface area contributed by atoms with Gasteiger partial charge < -0.3 is 9.47 Å². The molecule has 0 radical (unpaired) electrons. The normalized spacial score (nSPS) is 14.8. The van der Waals surface area contributed by atoms with Crippen molar-refractivity contribution in [2.75, 3.05) is 6.61 Å². The molecule has 0 fully saturated rings. The number of benzene rings is 4. The third kappa shape index (κ3) is 6.33. The van der Waals surface area contributed by atoms with Crippen molar-refractivity contribution in [1.82, 2.24) is 4.57 Å². The monoisotopic (exact) mass is 630 g/mol. The molecule has 1 atom stereocenters. The van der Waals surface area contributed by atoms with Gasteiger partial charge >= 0.3 is 5.97 Å². The SMILES string of the molecule is CCCC1=C(C(=O)OCC)[C@@H](c2ccc(C(C)C)cc2)n2c(s/c(=C\c3cccc(OCc4cccc5ccccc45)c3)c2=O)=N1. The third-order valence-corrected chi connectivity index (χ3v) is 9.22. The van der Waals surface area contributed by atoms with E-state index >= 15 is 0 Å². The van der Waals surface area contributed by atoms with E-state index in [0.717, 1.165) is 23.1 Å². The van der Waals surface area contributed by atoms with Crippen molar-refractivity contribution in [3.8, 4) is 5.75 Å². The Bertz CT molecular complexity index is 2100. The third-order valence-electron chi connectivity index (χ3n) is 8.24. The van der Waals surface area contributed by atoms with Crippen LogP contribution >= 0.6 is 11.3 Å². The van der Waals surface area contributed by atoms with E-state index in [9.17, 15) is 9.59 Å². The van der Waals surface area contributed by atoms with E-state index in [0.29, 0.717) is 45.3 Å². The Labute approximate surface area is 273 Å². The van der Waals surface area contributed by atoms with Gasteiger partial charge in [0.15, 0.2) is 4.80 Å². The number of carbonyl (C=O) groups is 1. The first-order valence-corrected chi connectivity index (χ1v) is 16.7. The summed E-state index contributed by atoms with van der Waals surface area (Å²) in [6.45, 7) is 8.81. The molecule has 6 rings (SSSR count). The molecule has 0 bridgehead atoms. The summed E-state index contributed by atoms with van der Waals surface area (Å²) in [6, 6.07) is 29.8. The molecule has 1 aromatic heterocycles. The molecule has 0 aliphatic carbocycles. The highest BCUT2D eigenvalue weighted by Crippen LogP contribution is 2.33. The van der Waals surface area contributed by atoms with Crippen LogP contribution in [0.3, 0.4) is 0 Å². The number of carbonyl (C=O) groups excluding carboxylic acids is 1. The molecule has 46 heavy (non-hydrogen) atoms. The first-order chi connectivity index (χ1) is 22.4. The number of rotatable bonds is 10. The van der Waals surface area contributed by atoms with E-state index in [1.54, 1.807) is 11.5 Å². The number of esters is 1. The van der Waals surface area contributed by atoms with Crippen LogP contribution in [0.5, 0.6) is 5.75 Å². The molecule has 5 aromatic rings. The molecular formula is C39H38N2O4S. The molecule has 0 N–H and O–H groups in total. The van der Waals surface area contributed by atoms with Gasteiger partial charge in [0.2, 0.25) is 0 Å². The summed E-state index contributed by atoms with van der Waals surface area (Å²) in [5.74, 6) is 0.643. The van der Waals surface area contributed by atoms with Gasteiger partial charge in [-0.3, -0.25) is 9.36 Å². The zero-order chi connectivity index (χ0) is 32.2. The summed E-state index contributed by atoms with van der Waals surface area (Å²) in [5, 5.41) is 2.34. The molecule has 1 aliphatic heterocycles. The van der Waals surface area contributed by atoms with Crippen LogP contribution in [-0.2, 0) is 16.1 Å². The number of fused-ring (bicyclic) bond motifs is 2. The van der Waals surface area contributed by atoms with Crippen molar-refractivity contribution < 1.29 is 14.3 Å². The van der Waals surface area contributed by atoms with Crippen molar-refractivity contribution in [3.05, 3.63) is 144 Å². The summed E-state index contributed by atoms with van der Waals surface area (Å²) < 4.78 is 13.9. The fraction of sp³-hybridized carbons (Fsp3) is 0.256. The van der Waals surface area contributed by atoms with Gasteiger partial charge in [0.25, 0.3) is 5.56 Å². The Morgan fingerprint density at radius 3 is 2.50 bits per heavy atom. The average Bonchev–Trinajstić information content (AvgIpc) is 3.37. The summed E-state index contributed by atoms with van der Waals surface area (Å²) in [4.78, 5) is 33.1. The van der Waals surface area contributed by atoms with Crippen LogP contribution < -0.4 is 19.6 Å². The van der Waals surface area contributed by atoms with E-state index in [-0.39, 0.29) is 12.2 Å². The zero-order valence-corrected chi connectivity index (χ0v) is 27.5. The van der Waals surface area contributed by atoms with E-state index in [1.807, 2.05) is 60.7 Å². The lowest BCUT2D eigenvalue weighted by Crippen LogP contribution is -2.40. The quantitative estimate of drug-likeness (QED) is 0.151. The van der Waals surface area contributed by atoms with E-state index in [2.05, 4.69) is 57.2 Å². The lowest BCUT2D eigenvalue weighted by atomic mass is 9.92. The molecule has 7 heteroatoms. The van der Waals surface area contributed by atoms with Crippen molar-refractivity contribution in [3.63, 3.8) is 0 Å². The number of thiazole rings is 1. The van der Waals surface area contributed by atoms with Crippen LogP contribution in [0.2, 0.25) is 0 Å². The number of hydrogen-bond donors (Lipinski definition) is 0. The highest BCUT2D eigenvalue weighted by molar-refractivity contribution is 7.07. The first kappa shape index (κ1) is 31.2. The Morgan fingerprint density at radius 2 is 1.74 bits per heavy atom. The Hall–Kier alpha value is -4.75. The minimum Gasteiger partial charge on any atom is -0.489 e. The van der Waals surface area contributed by atoms with Gasteiger partial charge in [-0.2, -0.15) is 0 Å². The molecule has 4 aromatic carbocycles.